The van der Waals surface area contributed by atoms with Gasteiger partial charge in [0.1, 0.15) is 0 Å². The van der Waals surface area contributed by atoms with Crippen LogP contribution in [0.1, 0.15) is 43.2 Å². The zero-order valence-corrected chi connectivity index (χ0v) is 11.5. The molecule has 0 saturated carbocycles. The second-order valence-corrected chi connectivity index (χ2v) is 5.87. The molecule has 0 spiro atoms. The Morgan fingerprint density at radius 3 is 2.89 bits per heavy atom. The molecule has 1 aliphatic heterocycles. The molecule has 3 atom stereocenters. The van der Waals surface area contributed by atoms with E-state index in [2.05, 4.69) is 24.0 Å². The van der Waals surface area contributed by atoms with Crippen LogP contribution < -0.4 is 5.73 Å². The molecule has 0 aromatic heterocycles. The molecule has 0 radical (unpaired) electrons. The van der Waals surface area contributed by atoms with Crippen molar-refractivity contribution in [2.45, 2.75) is 50.6 Å². The molecule has 1 fully saturated rings. The molecule has 102 valence electrons. The first-order valence-electron chi connectivity index (χ1n) is 7.32. The summed E-state index contributed by atoms with van der Waals surface area (Å²) in [5.74, 6) is 0.368. The summed E-state index contributed by atoms with van der Waals surface area (Å²) in [6.45, 7) is 2.74. The predicted molar refractivity (Wildman–Crippen MR) is 75.9 cm³/mol. The smallest absolute Gasteiger partial charge is 0.230 e. The molecule has 2 aliphatic rings. The molecule has 1 aliphatic carbocycles. The summed E-state index contributed by atoms with van der Waals surface area (Å²) in [7, 11) is 0. The van der Waals surface area contributed by atoms with Crippen molar-refractivity contribution < 1.29 is 4.79 Å². The van der Waals surface area contributed by atoms with E-state index in [4.69, 9.17) is 5.73 Å². The maximum atomic E-state index is 12.8. The van der Waals surface area contributed by atoms with Gasteiger partial charge in [0.15, 0.2) is 0 Å². The lowest BCUT2D eigenvalue weighted by Gasteiger charge is -2.44. The van der Waals surface area contributed by atoms with E-state index in [1.807, 2.05) is 12.1 Å². The van der Waals surface area contributed by atoms with Crippen molar-refractivity contribution >= 4 is 5.91 Å². The summed E-state index contributed by atoms with van der Waals surface area (Å²) < 4.78 is 0. The Morgan fingerprint density at radius 1 is 1.37 bits per heavy atom. The van der Waals surface area contributed by atoms with E-state index in [1.165, 1.54) is 17.5 Å². The number of piperidine rings is 1. The van der Waals surface area contributed by atoms with Crippen molar-refractivity contribution in [3.63, 3.8) is 0 Å². The Hall–Kier alpha value is -1.35. The molecule has 1 heterocycles. The minimum atomic E-state index is 0.0748. The van der Waals surface area contributed by atoms with Crippen LogP contribution in [0.5, 0.6) is 0 Å². The quantitative estimate of drug-likeness (QED) is 0.882. The molecule has 2 N–H and O–H groups in total. The summed E-state index contributed by atoms with van der Waals surface area (Å²) in [4.78, 5) is 14.9. The molecular weight excluding hydrogens is 236 g/mol. The molecule has 3 unspecified atom stereocenters. The molecule has 1 saturated heterocycles. The number of carbonyl (C=O) groups is 1. The lowest BCUT2D eigenvalue weighted by Crippen LogP contribution is -2.54. The number of hydrogen-bond acceptors (Lipinski definition) is 2. The highest BCUT2D eigenvalue weighted by molar-refractivity contribution is 5.87. The number of benzene rings is 1. The standard InChI is InChI=1S/C16H22N2O/c1-11-5-4-7-13(10-17)18(11)16(19)15-9-12-6-2-3-8-14(12)15/h2-3,6,8,11,13,15H,4-5,7,9-10,17H2,1H3. The van der Waals surface area contributed by atoms with E-state index in [9.17, 15) is 4.79 Å². The van der Waals surface area contributed by atoms with Gasteiger partial charge in [-0.25, -0.2) is 0 Å². The zero-order chi connectivity index (χ0) is 13.4. The molecule has 3 nitrogen and oxygen atoms in total. The lowest BCUT2D eigenvalue weighted by molar-refractivity contribution is -0.139. The third kappa shape index (κ3) is 2.06. The van der Waals surface area contributed by atoms with Crippen molar-refractivity contribution in [1.29, 1.82) is 0 Å². The zero-order valence-electron chi connectivity index (χ0n) is 11.5. The van der Waals surface area contributed by atoms with Crippen LogP contribution in [0.25, 0.3) is 0 Å². The Balaban J connectivity index is 1.80. The Bertz CT molecular complexity index is 485. The van der Waals surface area contributed by atoms with E-state index in [0.717, 1.165) is 19.3 Å². The maximum absolute atomic E-state index is 12.8. The first kappa shape index (κ1) is 12.7. The lowest BCUT2D eigenvalue weighted by atomic mass is 9.76. The fraction of sp³-hybridized carbons (Fsp3) is 0.562. The van der Waals surface area contributed by atoms with Crippen LogP contribution >= 0.6 is 0 Å². The van der Waals surface area contributed by atoms with Crippen molar-refractivity contribution in [3.05, 3.63) is 35.4 Å². The minimum absolute atomic E-state index is 0.0748. The third-order valence-corrected chi connectivity index (χ3v) is 4.71. The number of nitrogens with two attached hydrogens (primary N) is 1. The molecule has 1 amide bonds. The number of amides is 1. The predicted octanol–water partition coefficient (Wildman–Crippen LogP) is 2.05. The van der Waals surface area contributed by atoms with Gasteiger partial charge in [0.25, 0.3) is 0 Å². The fourth-order valence-electron chi connectivity index (χ4n) is 3.57. The summed E-state index contributed by atoms with van der Waals surface area (Å²) in [5.41, 5.74) is 8.41. The van der Waals surface area contributed by atoms with Gasteiger partial charge in [0.2, 0.25) is 5.91 Å². The Labute approximate surface area is 114 Å². The number of nitrogens with zero attached hydrogens (tertiary/aromatic N) is 1. The number of hydrogen-bond donors (Lipinski definition) is 1. The first-order chi connectivity index (χ1) is 9.22. The van der Waals surface area contributed by atoms with Crippen LogP contribution in [0.15, 0.2) is 24.3 Å². The fourth-order valence-corrected chi connectivity index (χ4v) is 3.57. The SMILES string of the molecule is CC1CCCC(CN)N1C(=O)C1Cc2ccccc21. The van der Waals surface area contributed by atoms with E-state index >= 15 is 0 Å². The van der Waals surface area contributed by atoms with E-state index in [0.29, 0.717) is 18.5 Å². The van der Waals surface area contributed by atoms with Crippen LogP contribution in [-0.2, 0) is 11.2 Å². The molecule has 3 rings (SSSR count). The highest BCUT2D eigenvalue weighted by atomic mass is 16.2. The van der Waals surface area contributed by atoms with Gasteiger partial charge in [0, 0.05) is 18.6 Å². The molecule has 1 aromatic rings. The summed E-state index contributed by atoms with van der Waals surface area (Å²) >= 11 is 0. The van der Waals surface area contributed by atoms with E-state index < -0.39 is 0 Å². The Morgan fingerprint density at radius 2 is 2.16 bits per heavy atom. The van der Waals surface area contributed by atoms with E-state index in [-0.39, 0.29) is 12.0 Å². The number of likely N-dealkylation sites (tertiary alicyclic amines) is 1. The van der Waals surface area contributed by atoms with Crippen molar-refractivity contribution in [1.82, 2.24) is 4.90 Å². The van der Waals surface area contributed by atoms with Crippen LogP contribution in [0.3, 0.4) is 0 Å². The van der Waals surface area contributed by atoms with Gasteiger partial charge < -0.3 is 10.6 Å². The molecule has 0 bridgehead atoms. The second-order valence-electron chi connectivity index (χ2n) is 5.87. The monoisotopic (exact) mass is 258 g/mol. The normalized spacial score (nSPS) is 29.6. The van der Waals surface area contributed by atoms with Gasteiger partial charge in [-0.05, 0) is 43.7 Å². The van der Waals surface area contributed by atoms with Gasteiger partial charge in [-0.1, -0.05) is 24.3 Å². The van der Waals surface area contributed by atoms with Gasteiger partial charge >= 0.3 is 0 Å². The molecule has 19 heavy (non-hydrogen) atoms. The van der Waals surface area contributed by atoms with Gasteiger partial charge in [0.05, 0.1) is 5.92 Å². The van der Waals surface area contributed by atoms with Crippen LogP contribution in [0.2, 0.25) is 0 Å². The van der Waals surface area contributed by atoms with Crippen molar-refractivity contribution in [2.24, 2.45) is 5.73 Å². The van der Waals surface area contributed by atoms with Crippen LogP contribution in [0.4, 0.5) is 0 Å². The summed E-state index contributed by atoms with van der Waals surface area (Å²) in [6, 6.07) is 8.86. The summed E-state index contributed by atoms with van der Waals surface area (Å²) in [6.07, 6.45) is 4.25. The highest BCUT2D eigenvalue weighted by Gasteiger charge is 2.39. The van der Waals surface area contributed by atoms with Gasteiger partial charge in [-0.2, -0.15) is 0 Å². The first-order valence-corrected chi connectivity index (χ1v) is 7.32. The molecular formula is C16H22N2O. The minimum Gasteiger partial charge on any atom is -0.335 e. The average Bonchev–Trinajstić information content (AvgIpc) is 2.39. The van der Waals surface area contributed by atoms with Crippen LogP contribution in [0, 0.1) is 0 Å². The average molecular weight is 258 g/mol. The summed E-state index contributed by atoms with van der Waals surface area (Å²) in [5, 5.41) is 0. The van der Waals surface area contributed by atoms with Crippen LogP contribution in [-0.4, -0.2) is 29.4 Å². The molecule has 3 heteroatoms. The number of fused-ring (bicyclic) bond motifs is 1. The Kier molecular flexibility index (Phi) is 3.31. The molecule has 1 aromatic carbocycles. The topological polar surface area (TPSA) is 46.3 Å². The van der Waals surface area contributed by atoms with E-state index in [1.54, 1.807) is 0 Å². The number of rotatable bonds is 2. The van der Waals surface area contributed by atoms with Gasteiger partial charge in [-0.15, -0.1) is 0 Å². The van der Waals surface area contributed by atoms with Crippen molar-refractivity contribution in [3.8, 4) is 0 Å². The number of carbonyl (C=O) groups excluding carboxylic acids is 1. The maximum Gasteiger partial charge on any atom is 0.230 e. The third-order valence-electron chi connectivity index (χ3n) is 4.71. The largest absolute Gasteiger partial charge is 0.335 e. The van der Waals surface area contributed by atoms with Gasteiger partial charge in [-0.3, -0.25) is 4.79 Å². The highest BCUT2D eigenvalue weighted by Crippen LogP contribution is 2.38. The van der Waals surface area contributed by atoms with Crippen molar-refractivity contribution in [2.75, 3.05) is 6.54 Å². The second kappa shape index (κ2) is 4.97.